The molecule has 1 saturated heterocycles. The third-order valence-corrected chi connectivity index (χ3v) is 5.78. The Morgan fingerprint density at radius 2 is 2.12 bits per heavy atom. The number of thiophene rings is 1. The van der Waals surface area contributed by atoms with Gasteiger partial charge in [-0.25, -0.2) is 4.79 Å². The second-order valence-corrected chi connectivity index (χ2v) is 7.11. The lowest BCUT2D eigenvalue weighted by Crippen LogP contribution is -2.46. The molecule has 6 heteroatoms. The third kappa shape index (κ3) is 2.05. The maximum Gasteiger partial charge on any atom is 0.325 e. The Balaban J connectivity index is 1.70. The molecule has 2 aromatic rings. The lowest BCUT2D eigenvalue weighted by atomic mass is 9.80. The van der Waals surface area contributed by atoms with Gasteiger partial charge in [0.2, 0.25) is 0 Å². The van der Waals surface area contributed by atoms with Crippen molar-refractivity contribution in [2.24, 2.45) is 0 Å². The minimum absolute atomic E-state index is 0.121. The maximum absolute atomic E-state index is 13.1. The number of carbonyl (C=O) groups excluding carboxylic acids is 2. The van der Waals surface area contributed by atoms with Gasteiger partial charge < -0.3 is 5.32 Å². The average molecular weight is 337 g/mol. The van der Waals surface area contributed by atoms with Gasteiger partial charge in [0.15, 0.2) is 0 Å². The highest BCUT2D eigenvalue weighted by Crippen LogP contribution is 2.42. The van der Waals surface area contributed by atoms with Crippen molar-refractivity contribution in [1.29, 1.82) is 5.26 Å². The van der Waals surface area contributed by atoms with Crippen molar-refractivity contribution in [3.8, 4) is 6.07 Å². The zero-order valence-corrected chi connectivity index (χ0v) is 13.7. The summed E-state index contributed by atoms with van der Waals surface area (Å²) in [5, 5.41) is 14.1. The van der Waals surface area contributed by atoms with E-state index in [1.165, 1.54) is 9.78 Å². The topological polar surface area (TPSA) is 73.2 Å². The molecular weight excluding hydrogens is 322 g/mol. The van der Waals surface area contributed by atoms with Crippen LogP contribution in [0, 0.1) is 11.3 Å². The van der Waals surface area contributed by atoms with Gasteiger partial charge >= 0.3 is 6.03 Å². The fourth-order valence-electron chi connectivity index (χ4n) is 3.62. The molecule has 1 N–H and O–H groups in total. The molecule has 2 heterocycles. The Morgan fingerprint density at radius 3 is 2.96 bits per heavy atom. The molecule has 2 aliphatic rings. The predicted octanol–water partition coefficient (Wildman–Crippen LogP) is 2.90. The Kier molecular flexibility index (Phi) is 3.39. The minimum atomic E-state index is -0.924. The summed E-state index contributed by atoms with van der Waals surface area (Å²) >= 11 is 1.64. The van der Waals surface area contributed by atoms with Crippen LogP contribution in [0.15, 0.2) is 35.7 Å². The fraction of sp³-hybridized carbons (Fsp3) is 0.278. The maximum atomic E-state index is 13.1. The lowest BCUT2D eigenvalue weighted by molar-refractivity contribution is -0.132. The van der Waals surface area contributed by atoms with Crippen LogP contribution in [0.4, 0.5) is 4.79 Å². The molecule has 1 unspecified atom stereocenters. The van der Waals surface area contributed by atoms with Gasteiger partial charge in [-0.2, -0.15) is 5.26 Å². The van der Waals surface area contributed by atoms with Crippen LogP contribution in [-0.4, -0.2) is 16.8 Å². The third-order valence-electron chi connectivity index (χ3n) is 4.80. The van der Waals surface area contributed by atoms with Crippen LogP contribution in [0.3, 0.4) is 0 Å². The fourth-order valence-corrected chi connectivity index (χ4v) is 4.62. The van der Waals surface area contributed by atoms with Gasteiger partial charge in [0.05, 0.1) is 18.2 Å². The summed E-state index contributed by atoms with van der Waals surface area (Å²) in [7, 11) is 0. The van der Waals surface area contributed by atoms with Gasteiger partial charge in [-0.05, 0) is 42.3 Å². The number of hydrogen-bond donors (Lipinski definition) is 1. The van der Waals surface area contributed by atoms with Crippen molar-refractivity contribution in [2.45, 2.75) is 31.3 Å². The van der Waals surface area contributed by atoms with Gasteiger partial charge in [0, 0.05) is 10.4 Å². The second-order valence-electron chi connectivity index (χ2n) is 6.11. The number of rotatable bonds is 2. The van der Waals surface area contributed by atoms with Crippen molar-refractivity contribution >= 4 is 23.3 Å². The Morgan fingerprint density at radius 1 is 1.29 bits per heavy atom. The van der Waals surface area contributed by atoms with E-state index in [0.29, 0.717) is 17.5 Å². The van der Waals surface area contributed by atoms with E-state index in [1.807, 2.05) is 17.5 Å². The van der Waals surface area contributed by atoms with E-state index in [0.717, 1.165) is 18.4 Å². The van der Waals surface area contributed by atoms with Gasteiger partial charge in [0.1, 0.15) is 5.54 Å². The molecule has 1 aliphatic heterocycles. The van der Waals surface area contributed by atoms with Gasteiger partial charge in [-0.1, -0.05) is 18.2 Å². The van der Waals surface area contributed by atoms with Crippen LogP contribution >= 0.6 is 11.3 Å². The minimum Gasteiger partial charge on any atom is -0.319 e. The summed E-state index contributed by atoms with van der Waals surface area (Å²) in [6.45, 7) is 0.121. The molecule has 1 spiro atoms. The molecule has 1 fully saturated rings. The smallest absolute Gasteiger partial charge is 0.319 e. The lowest BCUT2D eigenvalue weighted by Gasteiger charge is -2.31. The number of aryl methyl sites for hydroxylation is 1. The van der Waals surface area contributed by atoms with E-state index in [4.69, 9.17) is 0 Å². The van der Waals surface area contributed by atoms with E-state index >= 15 is 0 Å². The molecule has 120 valence electrons. The molecule has 0 radical (unpaired) electrons. The molecule has 0 saturated carbocycles. The number of benzene rings is 1. The monoisotopic (exact) mass is 337 g/mol. The Labute approximate surface area is 143 Å². The normalized spacial score (nSPS) is 22.4. The number of fused-ring (bicyclic) bond motifs is 2. The Hall–Kier alpha value is -2.65. The number of hydrogen-bond acceptors (Lipinski definition) is 4. The molecule has 1 aromatic carbocycles. The predicted molar refractivity (Wildman–Crippen MR) is 89.2 cm³/mol. The summed E-state index contributed by atoms with van der Waals surface area (Å²) in [5.74, 6) is -0.209. The molecule has 5 nitrogen and oxygen atoms in total. The zero-order chi connectivity index (χ0) is 16.7. The quantitative estimate of drug-likeness (QED) is 0.856. The van der Waals surface area contributed by atoms with Crippen molar-refractivity contribution in [2.75, 3.05) is 0 Å². The number of nitriles is 1. The largest absolute Gasteiger partial charge is 0.325 e. The molecule has 3 amide bonds. The standard InChI is InChI=1S/C18H15N3O2S/c19-10-12-4-1-2-5-13(12)11-21-16(22)18(20-17(21)23)8-3-6-15-14(18)7-9-24-15/h1-2,4-5,7,9H,3,6,8,11H2,(H,20,23). The van der Waals surface area contributed by atoms with Crippen molar-refractivity contribution in [3.05, 3.63) is 57.3 Å². The average Bonchev–Trinajstić information content (AvgIpc) is 3.16. The molecular formula is C18H15N3O2S. The van der Waals surface area contributed by atoms with Crippen LogP contribution in [-0.2, 0) is 23.3 Å². The van der Waals surface area contributed by atoms with E-state index < -0.39 is 5.54 Å². The summed E-state index contributed by atoms with van der Waals surface area (Å²) in [6, 6.07) is 10.7. The van der Waals surface area contributed by atoms with Crippen LogP contribution in [0.2, 0.25) is 0 Å². The highest BCUT2D eigenvalue weighted by molar-refractivity contribution is 7.10. The van der Waals surface area contributed by atoms with Crippen molar-refractivity contribution in [3.63, 3.8) is 0 Å². The first kappa shape index (κ1) is 14.9. The second kappa shape index (κ2) is 5.46. The van der Waals surface area contributed by atoms with Gasteiger partial charge in [0.25, 0.3) is 5.91 Å². The van der Waals surface area contributed by atoms with E-state index in [2.05, 4.69) is 11.4 Å². The summed E-state index contributed by atoms with van der Waals surface area (Å²) in [6.07, 6.45) is 2.45. The molecule has 24 heavy (non-hydrogen) atoms. The van der Waals surface area contributed by atoms with E-state index in [-0.39, 0.29) is 18.5 Å². The number of amides is 3. The van der Waals surface area contributed by atoms with E-state index in [1.54, 1.807) is 29.5 Å². The van der Waals surface area contributed by atoms with Crippen LogP contribution in [0.5, 0.6) is 0 Å². The molecule has 1 aromatic heterocycles. The number of urea groups is 1. The summed E-state index contributed by atoms with van der Waals surface area (Å²) in [5.41, 5.74) is 1.18. The molecule has 1 atom stereocenters. The first-order valence-electron chi connectivity index (χ1n) is 7.85. The van der Waals surface area contributed by atoms with Crippen LogP contribution in [0.25, 0.3) is 0 Å². The van der Waals surface area contributed by atoms with Crippen LogP contribution < -0.4 is 5.32 Å². The van der Waals surface area contributed by atoms with Crippen LogP contribution in [0.1, 0.15) is 34.4 Å². The molecule has 1 aliphatic carbocycles. The van der Waals surface area contributed by atoms with Gasteiger partial charge in [-0.3, -0.25) is 9.69 Å². The molecule has 0 bridgehead atoms. The van der Waals surface area contributed by atoms with E-state index in [9.17, 15) is 14.9 Å². The number of nitrogens with zero attached hydrogens (tertiary/aromatic N) is 2. The van der Waals surface area contributed by atoms with Gasteiger partial charge in [-0.15, -0.1) is 11.3 Å². The Bertz CT molecular complexity index is 882. The summed E-state index contributed by atoms with van der Waals surface area (Å²) < 4.78 is 0. The number of imide groups is 1. The first-order valence-corrected chi connectivity index (χ1v) is 8.72. The highest BCUT2D eigenvalue weighted by Gasteiger charge is 2.54. The SMILES string of the molecule is N#Cc1ccccc1CN1C(=O)NC2(CCCc3sccc32)C1=O. The molecule has 4 rings (SSSR count). The summed E-state index contributed by atoms with van der Waals surface area (Å²) in [4.78, 5) is 28.0. The zero-order valence-electron chi connectivity index (χ0n) is 12.9. The first-order chi connectivity index (χ1) is 11.7. The highest BCUT2D eigenvalue weighted by atomic mass is 32.1. The number of nitrogens with one attached hydrogen (secondary N) is 1. The number of carbonyl (C=O) groups is 2. The van der Waals surface area contributed by atoms with Crippen molar-refractivity contribution < 1.29 is 9.59 Å². The van der Waals surface area contributed by atoms with Crippen molar-refractivity contribution in [1.82, 2.24) is 10.2 Å².